The van der Waals surface area contributed by atoms with Crippen LogP contribution in [0.5, 0.6) is 0 Å². The molecule has 2 unspecified atom stereocenters. The monoisotopic (exact) mass is 633 g/mol. The third kappa shape index (κ3) is 10.4. The minimum Gasteiger partial charge on any atom is -0.479 e. The number of carbonyl (C=O) groups is 4. The number of alkyl carbamates (subject to hydrolysis) is 1. The van der Waals surface area contributed by atoms with Crippen LogP contribution in [0.3, 0.4) is 0 Å². The van der Waals surface area contributed by atoms with Gasteiger partial charge < -0.3 is 35.6 Å². The van der Waals surface area contributed by atoms with Crippen LogP contribution in [-0.4, -0.2) is 71.1 Å². The standard InChI is InChI=1S/C35H43N3O8/c1-35(2,3)46-34(44)37-27(21-24-16-10-6-11-17-24)28(39)22-25(20-23-14-8-5-9-15-23)30(40)29(33(42)43)38(32(45-4)31(36)41)26-18-12-7-13-19-26/h5-19,25,27-29,32,39H,20-22H2,1-4H3,(H2,36,41)(H,37,44)(H,42,43)/t25?,27-,28-,29?,32+/m0/s1. The number of nitrogens with zero attached hydrogens (tertiary/aromatic N) is 1. The molecule has 5 atom stereocenters. The van der Waals surface area contributed by atoms with Crippen molar-refractivity contribution < 1.29 is 38.9 Å². The number of primary amides is 1. The fourth-order valence-corrected chi connectivity index (χ4v) is 5.25. The van der Waals surface area contributed by atoms with Crippen molar-refractivity contribution in [2.24, 2.45) is 11.7 Å². The fraction of sp³-hybridized carbons (Fsp3) is 0.371. The third-order valence-corrected chi connectivity index (χ3v) is 7.27. The lowest BCUT2D eigenvalue weighted by atomic mass is 9.83. The van der Waals surface area contributed by atoms with Crippen LogP contribution in [0.2, 0.25) is 0 Å². The largest absolute Gasteiger partial charge is 0.479 e. The van der Waals surface area contributed by atoms with Gasteiger partial charge in [-0.15, -0.1) is 0 Å². The zero-order valence-corrected chi connectivity index (χ0v) is 26.5. The lowest BCUT2D eigenvalue weighted by Gasteiger charge is -2.36. The lowest BCUT2D eigenvalue weighted by Crippen LogP contribution is -2.58. The summed E-state index contributed by atoms with van der Waals surface area (Å²) in [6.45, 7) is 5.15. The van der Waals surface area contributed by atoms with E-state index >= 15 is 0 Å². The maximum atomic E-state index is 14.4. The number of hydrogen-bond donors (Lipinski definition) is 4. The van der Waals surface area contributed by atoms with Crippen LogP contribution in [0, 0.1) is 5.92 Å². The summed E-state index contributed by atoms with van der Waals surface area (Å²) in [6, 6.07) is 23.4. The average Bonchev–Trinajstić information content (AvgIpc) is 3.00. The summed E-state index contributed by atoms with van der Waals surface area (Å²) in [4.78, 5) is 53.6. The topological polar surface area (TPSA) is 168 Å². The number of aliphatic hydroxyl groups excluding tert-OH is 1. The molecule has 0 aliphatic rings. The number of amides is 2. The van der Waals surface area contributed by atoms with E-state index in [9.17, 15) is 29.4 Å². The van der Waals surface area contributed by atoms with E-state index < -0.39 is 59.7 Å². The Labute approximate surface area is 269 Å². The number of Topliss-reactive ketones (excluding diaryl/α,β-unsaturated/α-hetero) is 1. The maximum Gasteiger partial charge on any atom is 0.407 e. The van der Waals surface area contributed by atoms with E-state index in [1.807, 2.05) is 36.4 Å². The van der Waals surface area contributed by atoms with Crippen LogP contribution in [0.1, 0.15) is 38.3 Å². The Kier molecular flexibility index (Phi) is 12.8. The molecule has 3 aromatic rings. The highest BCUT2D eigenvalue weighted by Gasteiger charge is 2.43. The second-order valence-electron chi connectivity index (χ2n) is 12.0. The normalized spacial score (nSPS) is 14.6. The molecule has 0 saturated heterocycles. The predicted molar refractivity (Wildman–Crippen MR) is 173 cm³/mol. The number of anilines is 1. The van der Waals surface area contributed by atoms with E-state index in [0.29, 0.717) is 0 Å². The Hall–Kier alpha value is -4.74. The van der Waals surface area contributed by atoms with Gasteiger partial charge in [-0.1, -0.05) is 78.9 Å². The van der Waals surface area contributed by atoms with Gasteiger partial charge >= 0.3 is 12.1 Å². The predicted octanol–water partition coefficient (Wildman–Crippen LogP) is 3.72. The molecule has 246 valence electrons. The summed E-state index contributed by atoms with van der Waals surface area (Å²) < 4.78 is 10.7. The van der Waals surface area contributed by atoms with Gasteiger partial charge in [0, 0.05) is 18.7 Å². The summed E-state index contributed by atoms with van der Waals surface area (Å²) in [6.07, 6.45) is -3.58. The third-order valence-electron chi connectivity index (χ3n) is 7.27. The first kappa shape index (κ1) is 35.7. The van der Waals surface area contributed by atoms with Crippen molar-refractivity contribution in [1.82, 2.24) is 5.32 Å². The number of benzene rings is 3. The summed E-state index contributed by atoms with van der Waals surface area (Å²) in [7, 11) is 1.19. The zero-order valence-electron chi connectivity index (χ0n) is 26.5. The molecule has 0 radical (unpaired) electrons. The number of hydrogen-bond acceptors (Lipinski definition) is 8. The van der Waals surface area contributed by atoms with Gasteiger partial charge in [0.25, 0.3) is 5.91 Å². The number of carboxylic acids is 1. The molecular formula is C35H43N3O8. The van der Waals surface area contributed by atoms with Gasteiger partial charge in [-0.05, 0) is 63.3 Å². The molecule has 3 rings (SSSR count). The van der Waals surface area contributed by atoms with Crippen LogP contribution in [0.15, 0.2) is 91.0 Å². The number of nitrogens with one attached hydrogen (secondary N) is 1. The van der Waals surface area contributed by atoms with Gasteiger partial charge in [0.05, 0.1) is 12.1 Å². The van der Waals surface area contributed by atoms with Crippen molar-refractivity contribution in [3.63, 3.8) is 0 Å². The first-order valence-corrected chi connectivity index (χ1v) is 15.0. The highest BCUT2D eigenvalue weighted by Crippen LogP contribution is 2.27. The van der Waals surface area contributed by atoms with E-state index in [4.69, 9.17) is 15.2 Å². The van der Waals surface area contributed by atoms with Crippen LogP contribution in [0.25, 0.3) is 0 Å². The second-order valence-corrected chi connectivity index (χ2v) is 12.0. The summed E-state index contributed by atoms with van der Waals surface area (Å²) in [5.74, 6) is -4.38. The van der Waals surface area contributed by atoms with Crippen LogP contribution in [0.4, 0.5) is 10.5 Å². The lowest BCUT2D eigenvalue weighted by molar-refractivity contribution is -0.145. The van der Waals surface area contributed by atoms with E-state index in [2.05, 4.69) is 5.32 Å². The number of nitrogens with two attached hydrogens (primary N) is 1. The molecule has 0 spiro atoms. The van der Waals surface area contributed by atoms with Crippen molar-refractivity contribution >= 4 is 29.4 Å². The Morgan fingerprint density at radius 3 is 1.80 bits per heavy atom. The van der Waals surface area contributed by atoms with Crippen molar-refractivity contribution in [3.8, 4) is 0 Å². The SMILES string of the molecule is CO[C@H](C(N)=O)N(c1ccccc1)C(C(=O)O)C(=O)C(Cc1ccccc1)C[C@H](O)[C@H](Cc1ccccc1)NC(=O)OC(C)(C)C. The molecule has 46 heavy (non-hydrogen) atoms. The second kappa shape index (κ2) is 16.5. The van der Waals surface area contributed by atoms with E-state index in [-0.39, 0.29) is 24.9 Å². The van der Waals surface area contributed by atoms with E-state index in [1.54, 1.807) is 75.4 Å². The molecule has 2 amide bonds. The number of carbonyl (C=O) groups excluding carboxylic acids is 3. The molecule has 11 nitrogen and oxygen atoms in total. The average molecular weight is 634 g/mol. The molecule has 0 bridgehead atoms. The summed E-state index contributed by atoms with van der Waals surface area (Å²) in [5, 5.41) is 24.9. The minimum absolute atomic E-state index is 0.0713. The molecule has 5 N–H and O–H groups in total. The number of aliphatic hydroxyl groups is 1. The van der Waals surface area contributed by atoms with Crippen LogP contribution in [-0.2, 0) is 36.7 Å². The molecule has 0 fully saturated rings. The number of rotatable bonds is 16. The maximum absolute atomic E-state index is 14.4. The first-order chi connectivity index (χ1) is 21.8. The smallest absolute Gasteiger partial charge is 0.407 e. The number of methoxy groups -OCH3 is 1. The number of para-hydroxylation sites is 1. The van der Waals surface area contributed by atoms with Gasteiger partial charge in [-0.25, -0.2) is 9.59 Å². The van der Waals surface area contributed by atoms with Crippen LogP contribution < -0.4 is 16.0 Å². The highest BCUT2D eigenvalue weighted by atomic mass is 16.6. The number of ether oxygens (including phenoxy) is 2. The molecule has 0 aliphatic carbocycles. The van der Waals surface area contributed by atoms with Gasteiger partial charge in [0.1, 0.15) is 5.60 Å². The zero-order chi connectivity index (χ0) is 33.9. The molecular weight excluding hydrogens is 590 g/mol. The van der Waals surface area contributed by atoms with Crippen LogP contribution >= 0.6 is 0 Å². The summed E-state index contributed by atoms with van der Waals surface area (Å²) >= 11 is 0. The van der Waals surface area contributed by atoms with Gasteiger partial charge in [-0.2, -0.15) is 0 Å². The van der Waals surface area contributed by atoms with Crippen molar-refractivity contribution in [2.45, 2.75) is 70.1 Å². The number of aliphatic carboxylic acids is 1. The molecule has 11 heteroatoms. The Morgan fingerprint density at radius 2 is 1.35 bits per heavy atom. The Balaban J connectivity index is 2.04. The molecule has 3 aromatic carbocycles. The quantitative estimate of drug-likeness (QED) is 0.136. The fourth-order valence-electron chi connectivity index (χ4n) is 5.25. The van der Waals surface area contributed by atoms with Crippen molar-refractivity contribution in [2.75, 3.05) is 12.0 Å². The summed E-state index contributed by atoms with van der Waals surface area (Å²) in [5.41, 5.74) is 6.57. The first-order valence-electron chi connectivity index (χ1n) is 15.0. The Morgan fingerprint density at radius 1 is 0.848 bits per heavy atom. The minimum atomic E-state index is -1.91. The van der Waals surface area contributed by atoms with Crippen molar-refractivity contribution in [1.29, 1.82) is 0 Å². The molecule has 0 heterocycles. The van der Waals surface area contributed by atoms with E-state index in [0.717, 1.165) is 16.0 Å². The highest BCUT2D eigenvalue weighted by molar-refractivity contribution is 6.07. The number of carboxylic acid groups (broad SMARTS) is 1. The Bertz CT molecular complexity index is 1430. The van der Waals surface area contributed by atoms with Gasteiger partial charge in [0.2, 0.25) is 6.23 Å². The molecule has 0 aliphatic heterocycles. The van der Waals surface area contributed by atoms with E-state index in [1.165, 1.54) is 7.11 Å². The van der Waals surface area contributed by atoms with Gasteiger partial charge in [0.15, 0.2) is 11.8 Å². The van der Waals surface area contributed by atoms with Crippen molar-refractivity contribution in [3.05, 3.63) is 102 Å². The van der Waals surface area contributed by atoms with Gasteiger partial charge in [-0.3, -0.25) is 9.59 Å². The molecule has 0 saturated carbocycles. The number of ketones is 1. The molecule has 0 aromatic heterocycles.